The van der Waals surface area contributed by atoms with E-state index < -0.39 is 6.04 Å². The Labute approximate surface area is 268 Å². The summed E-state index contributed by atoms with van der Waals surface area (Å²) in [5.74, 6) is 0.788. The smallest absolute Gasteiger partial charge is 0.242 e. The third-order valence-corrected chi connectivity index (χ3v) is 8.27. The minimum Gasteiger partial charge on any atom is -0.489 e. The predicted octanol–water partition coefficient (Wildman–Crippen LogP) is 4.72. The lowest BCUT2D eigenvalue weighted by atomic mass is 9.97. The Bertz CT molecular complexity index is 1280. The third-order valence-electron chi connectivity index (χ3n) is 8.27. The van der Waals surface area contributed by atoms with E-state index in [1.807, 2.05) is 79.8 Å². The zero-order valence-corrected chi connectivity index (χ0v) is 27.0. The van der Waals surface area contributed by atoms with Crippen molar-refractivity contribution in [1.29, 1.82) is 0 Å². The average molecular weight is 615 g/mol. The molecule has 2 amide bonds. The van der Waals surface area contributed by atoms with Crippen molar-refractivity contribution in [2.45, 2.75) is 70.8 Å². The molecule has 1 fully saturated rings. The van der Waals surface area contributed by atoms with Crippen molar-refractivity contribution in [3.05, 3.63) is 102 Å². The van der Waals surface area contributed by atoms with Crippen molar-refractivity contribution < 1.29 is 19.1 Å². The summed E-state index contributed by atoms with van der Waals surface area (Å²) in [4.78, 5) is 29.6. The second-order valence-electron chi connectivity index (χ2n) is 12.3. The first-order chi connectivity index (χ1) is 21.9. The maximum absolute atomic E-state index is 13.9. The summed E-state index contributed by atoms with van der Waals surface area (Å²) in [6, 6.07) is 27.2. The molecule has 0 radical (unpaired) electrons. The van der Waals surface area contributed by atoms with E-state index in [1.54, 1.807) is 0 Å². The molecule has 3 N–H and O–H groups in total. The number of hydrogen-bond donors (Lipinski definition) is 3. The Morgan fingerprint density at radius 1 is 0.844 bits per heavy atom. The van der Waals surface area contributed by atoms with Crippen LogP contribution in [0.1, 0.15) is 49.8 Å². The highest BCUT2D eigenvalue weighted by molar-refractivity contribution is 5.90. The van der Waals surface area contributed by atoms with Crippen LogP contribution in [0.4, 0.5) is 0 Å². The fourth-order valence-corrected chi connectivity index (χ4v) is 5.65. The summed E-state index contributed by atoms with van der Waals surface area (Å²) in [7, 11) is 2.03. The van der Waals surface area contributed by atoms with Crippen LogP contribution in [0.3, 0.4) is 0 Å². The Balaban J connectivity index is 1.40. The fraction of sp³-hybridized carbons (Fsp3) is 0.459. The number of benzene rings is 3. The van der Waals surface area contributed by atoms with E-state index in [2.05, 4.69) is 46.8 Å². The number of ether oxygens (including phenoxy) is 2. The van der Waals surface area contributed by atoms with Gasteiger partial charge in [-0.05, 0) is 61.1 Å². The van der Waals surface area contributed by atoms with Crippen molar-refractivity contribution in [3.8, 4) is 5.75 Å². The van der Waals surface area contributed by atoms with Crippen LogP contribution in [0.25, 0.3) is 0 Å². The SMILES string of the molecule is CC(C)C[C@H](C(=O)N[C@@H](Cc1ccc(OCc2ccccc2)cc1)C(=O)NCCNCc1ccccc1)N(C)C1CCOCC1. The van der Waals surface area contributed by atoms with Gasteiger partial charge < -0.3 is 25.4 Å². The quantitative estimate of drug-likeness (QED) is 0.191. The number of hydrogen-bond acceptors (Lipinski definition) is 6. The van der Waals surface area contributed by atoms with Gasteiger partial charge in [-0.25, -0.2) is 0 Å². The summed E-state index contributed by atoms with van der Waals surface area (Å²) in [6.45, 7) is 7.97. The van der Waals surface area contributed by atoms with Crippen LogP contribution in [-0.4, -0.2) is 68.2 Å². The molecule has 242 valence electrons. The van der Waals surface area contributed by atoms with Gasteiger partial charge in [0, 0.05) is 45.3 Å². The van der Waals surface area contributed by atoms with Crippen LogP contribution >= 0.6 is 0 Å². The number of likely N-dealkylation sites (N-methyl/N-ethyl adjacent to an activating group) is 1. The van der Waals surface area contributed by atoms with Crippen molar-refractivity contribution in [2.24, 2.45) is 5.92 Å². The zero-order valence-electron chi connectivity index (χ0n) is 27.0. The summed E-state index contributed by atoms with van der Waals surface area (Å²) in [5, 5.41) is 9.56. The van der Waals surface area contributed by atoms with Gasteiger partial charge in [0.05, 0.1) is 6.04 Å². The summed E-state index contributed by atoms with van der Waals surface area (Å²) in [6.07, 6.45) is 2.89. The van der Waals surface area contributed by atoms with Gasteiger partial charge in [-0.15, -0.1) is 0 Å². The highest BCUT2D eigenvalue weighted by Crippen LogP contribution is 2.21. The molecular formula is C37H50N4O4. The van der Waals surface area contributed by atoms with Gasteiger partial charge in [-0.3, -0.25) is 14.5 Å². The van der Waals surface area contributed by atoms with Crippen molar-refractivity contribution in [1.82, 2.24) is 20.9 Å². The maximum Gasteiger partial charge on any atom is 0.242 e. The number of rotatable bonds is 17. The molecule has 1 aliphatic rings. The minimum absolute atomic E-state index is 0.108. The van der Waals surface area contributed by atoms with E-state index in [1.165, 1.54) is 5.56 Å². The van der Waals surface area contributed by atoms with Crippen LogP contribution in [0.5, 0.6) is 5.75 Å². The number of nitrogens with zero attached hydrogens (tertiary/aromatic N) is 1. The molecule has 3 aromatic carbocycles. The van der Waals surface area contributed by atoms with Gasteiger partial charge in [0.25, 0.3) is 0 Å². The number of carbonyl (C=O) groups is 2. The van der Waals surface area contributed by atoms with E-state index in [9.17, 15) is 9.59 Å². The molecule has 4 rings (SSSR count). The van der Waals surface area contributed by atoms with Crippen LogP contribution in [0.15, 0.2) is 84.9 Å². The van der Waals surface area contributed by atoms with E-state index in [0.717, 1.165) is 36.3 Å². The van der Waals surface area contributed by atoms with Gasteiger partial charge in [0.1, 0.15) is 18.4 Å². The van der Waals surface area contributed by atoms with Gasteiger partial charge in [-0.1, -0.05) is 86.6 Å². The topological polar surface area (TPSA) is 91.9 Å². The highest BCUT2D eigenvalue weighted by atomic mass is 16.5. The molecule has 0 bridgehead atoms. The van der Waals surface area contributed by atoms with E-state index in [4.69, 9.17) is 9.47 Å². The minimum atomic E-state index is -0.708. The molecule has 0 aromatic heterocycles. The van der Waals surface area contributed by atoms with Crippen LogP contribution < -0.4 is 20.7 Å². The van der Waals surface area contributed by atoms with E-state index in [0.29, 0.717) is 51.7 Å². The van der Waals surface area contributed by atoms with Gasteiger partial charge in [0.2, 0.25) is 11.8 Å². The third kappa shape index (κ3) is 11.6. The molecule has 0 unspecified atom stereocenters. The molecule has 0 saturated carbocycles. The van der Waals surface area contributed by atoms with Crippen LogP contribution in [0.2, 0.25) is 0 Å². The summed E-state index contributed by atoms with van der Waals surface area (Å²) < 4.78 is 11.5. The first kappa shape index (κ1) is 34.2. The maximum atomic E-state index is 13.9. The van der Waals surface area contributed by atoms with E-state index in [-0.39, 0.29) is 23.9 Å². The molecule has 1 saturated heterocycles. The monoisotopic (exact) mass is 614 g/mol. The van der Waals surface area contributed by atoms with Crippen molar-refractivity contribution in [3.63, 3.8) is 0 Å². The molecule has 0 aliphatic carbocycles. The first-order valence-electron chi connectivity index (χ1n) is 16.3. The molecule has 2 atom stereocenters. The molecule has 3 aromatic rings. The number of nitrogens with one attached hydrogen (secondary N) is 3. The predicted molar refractivity (Wildman–Crippen MR) is 179 cm³/mol. The lowest BCUT2D eigenvalue weighted by molar-refractivity contribution is -0.133. The van der Waals surface area contributed by atoms with Crippen LogP contribution in [0, 0.1) is 5.92 Å². The Morgan fingerprint density at radius 3 is 2.13 bits per heavy atom. The van der Waals surface area contributed by atoms with Gasteiger partial charge in [0.15, 0.2) is 0 Å². The molecular weight excluding hydrogens is 564 g/mol. The Morgan fingerprint density at radius 2 is 1.49 bits per heavy atom. The zero-order chi connectivity index (χ0) is 31.9. The van der Waals surface area contributed by atoms with Crippen LogP contribution in [-0.2, 0) is 33.9 Å². The lowest BCUT2D eigenvalue weighted by Crippen LogP contribution is -2.56. The van der Waals surface area contributed by atoms with Gasteiger partial charge in [-0.2, -0.15) is 0 Å². The first-order valence-corrected chi connectivity index (χ1v) is 16.3. The molecule has 8 nitrogen and oxygen atoms in total. The molecule has 45 heavy (non-hydrogen) atoms. The summed E-state index contributed by atoms with van der Waals surface area (Å²) >= 11 is 0. The van der Waals surface area contributed by atoms with Gasteiger partial charge >= 0.3 is 0 Å². The van der Waals surface area contributed by atoms with E-state index >= 15 is 0 Å². The number of amides is 2. The molecule has 1 aliphatic heterocycles. The largest absolute Gasteiger partial charge is 0.489 e. The van der Waals surface area contributed by atoms with Crippen molar-refractivity contribution in [2.75, 3.05) is 33.4 Å². The van der Waals surface area contributed by atoms with Crippen molar-refractivity contribution >= 4 is 11.8 Å². The molecule has 0 spiro atoms. The Kier molecular flexibility index (Phi) is 13.9. The molecule has 8 heteroatoms. The Hall–Kier alpha value is -3.72. The standard InChI is InChI=1S/C37H50N4O4/c1-28(2)24-35(41(3)32-18-22-44-23-19-32)37(43)40-34(36(42)39-21-20-38-26-30-10-6-4-7-11-30)25-29-14-16-33(17-15-29)45-27-31-12-8-5-9-13-31/h4-17,28,32,34-35,38H,18-27H2,1-3H3,(H,39,42)(H,40,43)/t34-,35+/m0/s1. The second kappa shape index (κ2) is 18.3. The highest BCUT2D eigenvalue weighted by Gasteiger charge is 2.32. The fourth-order valence-electron chi connectivity index (χ4n) is 5.65. The summed E-state index contributed by atoms with van der Waals surface area (Å²) in [5.41, 5.74) is 3.24. The second-order valence-corrected chi connectivity index (χ2v) is 12.3. The number of carbonyl (C=O) groups excluding carboxylic acids is 2. The lowest BCUT2D eigenvalue weighted by Gasteiger charge is -2.37. The normalized spacial score (nSPS) is 15.0. The molecule has 1 heterocycles. The average Bonchev–Trinajstić information content (AvgIpc) is 3.07.